The van der Waals surface area contributed by atoms with Crippen molar-refractivity contribution in [2.75, 3.05) is 31.1 Å². The molecule has 0 aliphatic carbocycles. The van der Waals surface area contributed by atoms with E-state index in [0.29, 0.717) is 24.4 Å². The second-order valence-corrected chi connectivity index (χ2v) is 16.8. The van der Waals surface area contributed by atoms with Crippen molar-refractivity contribution in [1.29, 1.82) is 10.5 Å². The molecule has 10 heteroatoms. The fourth-order valence-electron chi connectivity index (χ4n) is 8.81. The molecule has 63 heavy (non-hydrogen) atoms. The summed E-state index contributed by atoms with van der Waals surface area (Å²) in [5, 5.41) is 31.6. The van der Waals surface area contributed by atoms with Gasteiger partial charge in [0.15, 0.2) is 0 Å². The van der Waals surface area contributed by atoms with Crippen molar-refractivity contribution in [3.63, 3.8) is 0 Å². The SMILES string of the molecule is [C-]#[N+]/C(C#N)=C1/C(C#N)=C(c2ccc(N(CCCCCC(=O)OCc3ccc4c(c3)c3ccccc3n4CCCCCCO)CC(CC)CCCC)cc2)C(=O)N1CCCCCC. The number of aryl methyl sites for hydroxylation is 1. The molecule has 1 aliphatic rings. The summed E-state index contributed by atoms with van der Waals surface area (Å²) in [6, 6.07) is 26.7. The van der Waals surface area contributed by atoms with E-state index < -0.39 is 0 Å². The Labute approximate surface area is 375 Å². The topological polar surface area (TPSA) is 127 Å². The van der Waals surface area contributed by atoms with Gasteiger partial charge in [-0.3, -0.25) is 9.59 Å². The number of esters is 1. The Morgan fingerprint density at radius 2 is 1.56 bits per heavy atom. The number of ether oxygens (including phenoxy) is 1. The van der Waals surface area contributed by atoms with Gasteiger partial charge in [-0.2, -0.15) is 5.26 Å². The van der Waals surface area contributed by atoms with Crippen LogP contribution in [-0.2, 0) is 27.5 Å². The molecular weight excluding hydrogens is 785 g/mol. The van der Waals surface area contributed by atoms with Gasteiger partial charge in [0.1, 0.15) is 12.7 Å². The lowest BCUT2D eigenvalue weighted by atomic mass is 9.97. The number of rotatable bonds is 27. The standard InChI is InChI=1S/C53H66N6O4/c1-5-8-10-18-33-59-52(47(37-55)56-4)46(36-54)51(53(59)62)42-26-28-43(29-27-42)57(38-40(7-3)21-9-6-2)31-17-13-14-24-50(61)63-39-41-25-30-49-45(35-41)44-22-15-16-23-48(44)58(49)32-19-11-12-20-34-60/h15-16,22-23,25-30,35,40,60H,5-14,17-21,24,31-34,38-39H2,1-3H3/b52-47-. The highest BCUT2D eigenvalue weighted by molar-refractivity contribution is 6.26. The van der Waals surface area contributed by atoms with Crippen LogP contribution in [-0.4, -0.2) is 52.7 Å². The Bertz CT molecular complexity index is 2320. The van der Waals surface area contributed by atoms with E-state index in [1.54, 1.807) is 0 Å². The Morgan fingerprint density at radius 1 is 0.841 bits per heavy atom. The Hall–Kier alpha value is -5.89. The number of nitriles is 2. The summed E-state index contributed by atoms with van der Waals surface area (Å²) in [5.41, 5.74) is 5.20. The van der Waals surface area contributed by atoms with Crippen LogP contribution in [0.3, 0.4) is 0 Å². The van der Waals surface area contributed by atoms with Gasteiger partial charge in [0.05, 0.1) is 29.5 Å². The molecule has 10 nitrogen and oxygen atoms in total. The van der Waals surface area contributed by atoms with Crippen molar-refractivity contribution < 1.29 is 19.4 Å². The summed E-state index contributed by atoms with van der Waals surface area (Å²) >= 11 is 0. The predicted molar refractivity (Wildman–Crippen MR) is 253 cm³/mol. The second-order valence-electron chi connectivity index (χ2n) is 16.8. The monoisotopic (exact) mass is 851 g/mol. The fourth-order valence-corrected chi connectivity index (χ4v) is 8.81. The molecule has 1 N–H and O–H groups in total. The third kappa shape index (κ3) is 12.6. The zero-order chi connectivity index (χ0) is 45.0. The van der Waals surface area contributed by atoms with Crippen LogP contribution in [0.4, 0.5) is 5.69 Å². The van der Waals surface area contributed by atoms with E-state index >= 15 is 0 Å². The Kier molecular flexibility index (Phi) is 19.3. The minimum atomic E-state index is -0.342. The number of para-hydroxylation sites is 1. The maximum Gasteiger partial charge on any atom is 0.306 e. The van der Waals surface area contributed by atoms with Crippen LogP contribution in [0.25, 0.3) is 32.2 Å². The number of carbonyl (C=O) groups is 2. The lowest BCUT2D eigenvalue weighted by molar-refractivity contribution is -0.145. The average Bonchev–Trinajstić information content (AvgIpc) is 3.77. The third-order valence-electron chi connectivity index (χ3n) is 12.4. The van der Waals surface area contributed by atoms with Gasteiger partial charge in [-0.25, -0.2) is 10.1 Å². The van der Waals surface area contributed by atoms with Crippen molar-refractivity contribution in [2.24, 2.45) is 5.92 Å². The molecule has 0 saturated heterocycles. The molecule has 1 atom stereocenters. The van der Waals surface area contributed by atoms with Gasteiger partial charge in [0.2, 0.25) is 0 Å². The van der Waals surface area contributed by atoms with Crippen molar-refractivity contribution in [3.8, 4) is 12.1 Å². The molecule has 0 spiro atoms. The van der Waals surface area contributed by atoms with Gasteiger partial charge in [0.25, 0.3) is 11.6 Å². The number of carbonyl (C=O) groups excluding carboxylic acids is 2. The molecule has 0 bridgehead atoms. The van der Waals surface area contributed by atoms with E-state index in [1.165, 1.54) is 33.1 Å². The molecule has 1 aromatic heterocycles. The first-order valence-corrected chi connectivity index (χ1v) is 23.4. The Balaban J connectivity index is 1.21. The number of aromatic nitrogens is 1. The van der Waals surface area contributed by atoms with Crippen LogP contribution >= 0.6 is 0 Å². The van der Waals surface area contributed by atoms with E-state index in [1.807, 2.05) is 30.3 Å². The van der Waals surface area contributed by atoms with Crippen molar-refractivity contribution in [1.82, 2.24) is 9.47 Å². The van der Waals surface area contributed by atoms with Crippen molar-refractivity contribution in [2.45, 2.75) is 137 Å². The average molecular weight is 851 g/mol. The predicted octanol–water partition coefficient (Wildman–Crippen LogP) is 12.0. The van der Waals surface area contributed by atoms with Crippen molar-refractivity contribution in [3.05, 3.63) is 106 Å². The van der Waals surface area contributed by atoms with Crippen LogP contribution in [0.5, 0.6) is 0 Å². The molecule has 0 fully saturated rings. The van der Waals surface area contributed by atoms with E-state index in [2.05, 4.69) is 83.6 Å². The number of unbranched alkanes of at least 4 members (excludes halogenated alkanes) is 9. The normalized spacial score (nSPS) is 13.9. The van der Waals surface area contributed by atoms with Crippen LogP contribution in [0.2, 0.25) is 0 Å². The molecular formula is C53H66N6O4. The van der Waals surface area contributed by atoms with Gasteiger partial charge >= 0.3 is 5.97 Å². The maximum absolute atomic E-state index is 13.9. The highest BCUT2D eigenvalue weighted by Gasteiger charge is 2.38. The number of allylic oxidation sites excluding steroid dienone is 2. The number of aliphatic hydroxyl groups excluding tert-OH is 1. The maximum atomic E-state index is 13.9. The number of nitrogens with zero attached hydrogens (tertiary/aromatic N) is 6. The number of anilines is 1. The van der Waals surface area contributed by atoms with Gasteiger partial charge < -0.3 is 24.2 Å². The van der Waals surface area contributed by atoms with E-state index in [4.69, 9.17) is 16.4 Å². The van der Waals surface area contributed by atoms with Crippen LogP contribution in [0.1, 0.15) is 135 Å². The molecule has 1 aliphatic heterocycles. The minimum Gasteiger partial charge on any atom is -0.461 e. The number of fused-ring (bicyclic) bond motifs is 3. The lowest BCUT2D eigenvalue weighted by Gasteiger charge is -2.29. The summed E-state index contributed by atoms with van der Waals surface area (Å²) in [6.45, 7) is 17.6. The number of hydrogen-bond donors (Lipinski definition) is 1. The first kappa shape index (κ1) is 48.1. The Morgan fingerprint density at radius 3 is 2.27 bits per heavy atom. The second kappa shape index (κ2) is 25.3. The third-order valence-corrected chi connectivity index (χ3v) is 12.4. The van der Waals surface area contributed by atoms with Gasteiger partial charge in [-0.05, 0) is 85.9 Å². The molecule has 4 aromatic rings. The summed E-state index contributed by atoms with van der Waals surface area (Å²) in [5.74, 6) is -0.0127. The summed E-state index contributed by atoms with van der Waals surface area (Å²) in [4.78, 5) is 34.1. The molecule has 2 heterocycles. The van der Waals surface area contributed by atoms with E-state index in [-0.39, 0.29) is 47.6 Å². The molecule has 3 aromatic carbocycles. The highest BCUT2D eigenvalue weighted by Crippen LogP contribution is 2.38. The van der Waals surface area contributed by atoms with Crippen LogP contribution in [0.15, 0.2) is 83.7 Å². The fraction of sp³-hybridized carbons (Fsp3) is 0.491. The molecule has 0 saturated carbocycles. The smallest absolute Gasteiger partial charge is 0.306 e. The number of benzene rings is 3. The largest absolute Gasteiger partial charge is 0.461 e. The van der Waals surface area contributed by atoms with E-state index in [0.717, 1.165) is 121 Å². The minimum absolute atomic E-state index is 0.0825. The first-order chi connectivity index (χ1) is 30.8. The molecule has 1 amide bonds. The van der Waals surface area contributed by atoms with Gasteiger partial charge in [0, 0.05) is 66.7 Å². The van der Waals surface area contributed by atoms with Gasteiger partial charge in [-0.1, -0.05) is 115 Å². The van der Waals surface area contributed by atoms with E-state index in [9.17, 15) is 20.1 Å². The number of amides is 1. The quantitative estimate of drug-likeness (QED) is 0.0274. The van der Waals surface area contributed by atoms with Crippen molar-refractivity contribution >= 4 is 44.9 Å². The molecule has 5 rings (SSSR count). The summed E-state index contributed by atoms with van der Waals surface area (Å²) in [7, 11) is 0. The number of aliphatic hydroxyl groups is 1. The van der Waals surface area contributed by atoms with Crippen LogP contribution < -0.4 is 4.90 Å². The molecule has 332 valence electrons. The summed E-state index contributed by atoms with van der Waals surface area (Å²) in [6.07, 6.45) is 15.1. The zero-order valence-corrected chi connectivity index (χ0v) is 37.8. The zero-order valence-electron chi connectivity index (χ0n) is 37.8. The number of hydrogen-bond acceptors (Lipinski definition) is 7. The lowest BCUT2D eigenvalue weighted by Crippen LogP contribution is -2.30. The molecule has 0 radical (unpaired) electrons. The van der Waals surface area contributed by atoms with Crippen LogP contribution in [0, 0.1) is 35.2 Å². The molecule has 1 unspecified atom stereocenters. The summed E-state index contributed by atoms with van der Waals surface area (Å²) < 4.78 is 8.17. The highest BCUT2D eigenvalue weighted by atomic mass is 16.5. The van der Waals surface area contributed by atoms with Gasteiger partial charge in [-0.15, -0.1) is 0 Å². The first-order valence-electron chi connectivity index (χ1n) is 23.4.